The van der Waals surface area contributed by atoms with Gasteiger partial charge in [-0.3, -0.25) is 14.4 Å². The van der Waals surface area contributed by atoms with Crippen molar-refractivity contribution in [2.45, 2.75) is 44.9 Å². The molecule has 0 amide bonds. The molecule has 0 bridgehead atoms. The monoisotopic (exact) mass is 444 g/mol. The summed E-state index contributed by atoms with van der Waals surface area (Å²) >= 11 is 11.0. The first-order chi connectivity index (χ1) is 13.1. The lowest BCUT2D eigenvalue weighted by Gasteiger charge is -2.07. The highest BCUT2D eigenvalue weighted by molar-refractivity contribution is 6.41. The summed E-state index contributed by atoms with van der Waals surface area (Å²) in [6.45, 7) is 6.52. The quantitative estimate of drug-likeness (QED) is 0.144. The predicted molar refractivity (Wildman–Crippen MR) is 100 cm³/mol. The van der Waals surface area contributed by atoms with E-state index in [4.69, 9.17) is 27.9 Å². The average molecular weight is 445 g/mol. The standard InChI is InChI=1S/C9H15ClO4.C8H11ClO5/c1-3-5-13-6-7(11)8(10)9(12)14-4-2;1-3-13-8(12)7(9)6(11)4-14-5(2)10/h8H,3-6H2,1-2H3;7H,3-4H2,1-2H3. The van der Waals surface area contributed by atoms with E-state index in [9.17, 15) is 24.0 Å². The van der Waals surface area contributed by atoms with Gasteiger partial charge in [0, 0.05) is 13.5 Å². The van der Waals surface area contributed by atoms with Gasteiger partial charge in [-0.05, 0) is 20.3 Å². The fourth-order valence-corrected chi connectivity index (χ4v) is 1.58. The van der Waals surface area contributed by atoms with Gasteiger partial charge in [-0.1, -0.05) is 6.92 Å². The normalized spacial score (nSPS) is 11.9. The fourth-order valence-electron chi connectivity index (χ4n) is 1.33. The van der Waals surface area contributed by atoms with Crippen molar-refractivity contribution in [3.05, 3.63) is 0 Å². The Bertz CT molecular complexity index is 523. The topological polar surface area (TPSA) is 122 Å². The molecular formula is C17H26Cl2O9. The van der Waals surface area contributed by atoms with Crippen molar-refractivity contribution in [3.8, 4) is 0 Å². The molecule has 0 aromatic rings. The molecule has 0 aliphatic carbocycles. The summed E-state index contributed by atoms with van der Waals surface area (Å²) in [5.41, 5.74) is 0. The van der Waals surface area contributed by atoms with E-state index in [2.05, 4.69) is 14.2 Å². The van der Waals surface area contributed by atoms with Crippen molar-refractivity contribution in [2.24, 2.45) is 0 Å². The number of rotatable bonds is 12. The number of esters is 3. The predicted octanol–water partition coefficient (Wildman–Crippen LogP) is 1.44. The minimum Gasteiger partial charge on any atom is -0.465 e. The molecule has 9 nitrogen and oxygen atoms in total. The number of ether oxygens (including phenoxy) is 4. The van der Waals surface area contributed by atoms with Crippen LogP contribution in [0.25, 0.3) is 0 Å². The SMILES string of the molecule is CCCOCC(=O)C(Cl)C(=O)OCC.CCOC(=O)C(Cl)C(=O)COC(C)=O. The first-order valence-electron chi connectivity index (χ1n) is 8.50. The molecule has 0 aliphatic heterocycles. The van der Waals surface area contributed by atoms with Crippen LogP contribution in [0.15, 0.2) is 0 Å². The van der Waals surface area contributed by atoms with Crippen LogP contribution in [-0.4, -0.2) is 73.3 Å². The van der Waals surface area contributed by atoms with Crippen molar-refractivity contribution >= 4 is 52.7 Å². The Morgan fingerprint density at radius 3 is 1.54 bits per heavy atom. The number of carbonyl (C=O) groups excluding carboxylic acids is 5. The second-order valence-corrected chi connectivity index (χ2v) is 5.87. The van der Waals surface area contributed by atoms with Gasteiger partial charge >= 0.3 is 17.9 Å². The van der Waals surface area contributed by atoms with Gasteiger partial charge in [0.25, 0.3) is 0 Å². The lowest BCUT2D eigenvalue weighted by molar-refractivity contribution is -0.150. The van der Waals surface area contributed by atoms with Gasteiger partial charge in [-0.15, -0.1) is 23.2 Å². The van der Waals surface area contributed by atoms with Gasteiger partial charge < -0.3 is 18.9 Å². The molecule has 2 unspecified atom stereocenters. The maximum Gasteiger partial charge on any atom is 0.331 e. The molecular weight excluding hydrogens is 419 g/mol. The van der Waals surface area contributed by atoms with Crippen LogP contribution < -0.4 is 0 Å². The smallest absolute Gasteiger partial charge is 0.331 e. The Hall–Kier alpha value is -1.71. The largest absolute Gasteiger partial charge is 0.465 e. The van der Waals surface area contributed by atoms with Crippen LogP contribution in [0.5, 0.6) is 0 Å². The van der Waals surface area contributed by atoms with E-state index >= 15 is 0 Å². The molecule has 0 heterocycles. The van der Waals surface area contributed by atoms with Gasteiger partial charge in [-0.25, -0.2) is 9.59 Å². The van der Waals surface area contributed by atoms with Crippen LogP contribution >= 0.6 is 23.2 Å². The van der Waals surface area contributed by atoms with Crippen LogP contribution in [0, 0.1) is 0 Å². The van der Waals surface area contributed by atoms with Gasteiger partial charge in [0.2, 0.25) is 0 Å². The highest BCUT2D eigenvalue weighted by atomic mass is 35.5. The highest BCUT2D eigenvalue weighted by Gasteiger charge is 2.26. The molecule has 0 spiro atoms. The third kappa shape index (κ3) is 14.4. The number of ketones is 2. The first kappa shape index (κ1) is 28.5. The number of halogens is 2. The lowest BCUT2D eigenvalue weighted by atomic mass is 10.3. The minimum absolute atomic E-state index is 0.138. The summed E-state index contributed by atoms with van der Waals surface area (Å²) in [5.74, 6) is -3.30. The molecule has 0 aromatic carbocycles. The van der Waals surface area contributed by atoms with E-state index in [0.717, 1.165) is 13.3 Å². The van der Waals surface area contributed by atoms with E-state index in [1.54, 1.807) is 13.8 Å². The molecule has 0 aromatic heterocycles. The molecule has 0 radical (unpaired) electrons. The lowest BCUT2D eigenvalue weighted by Crippen LogP contribution is -2.30. The van der Waals surface area contributed by atoms with Crippen molar-refractivity contribution < 1.29 is 42.9 Å². The fraction of sp³-hybridized carbons (Fsp3) is 0.706. The van der Waals surface area contributed by atoms with E-state index in [-0.39, 0.29) is 19.8 Å². The minimum atomic E-state index is -1.41. The van der Waals surface area contributed by atoms with Gasteiger partial charge in [0.1, 0.15) is 6.61 Å². The van der Waals surface area contributed by atoms with Gasteiger partial charge in [0.15, 0.2) is 28.9 Å². The number of carbonyl (C=O) groups is 5. The zero-order valence-electron chi connectivity index (χ0n) is 16.3. The summed E-state index contributed by atoms with van der Waals surface area (Å²) in [6.07, 6.45) is 0.819. The Labute approximate surface area is 173 Å². The summed E-state index contributed by atoms with van der Waals surface area (Å²) in [4.78, 5) is 54.5. The Kier molecular flexibility index (Phi) is 17.7. The number of hydrogen-bond donors (Lipinski definition) is 0. The molecule has 11 heteroatoms. The Balaban J connectivity index is 0. The third-order valence-electron chi connectivity index (χ3n) is 2.56. The van der Waals surface area contributed by atoms with E-state index in [1.165, 1.54) is 0 Å². The second-order valence-electron chi connectivity index (χ2n) is 4.99. The maximum absolute atomic E-state index is 11.2. The molecule has 0 N–H and O–H groups in total. The van der Waals surface area contributed by atoms with Crippen molar-refractivity contribution in [3.63, 3.8) is 0 Å². The average Bonchev–Trinajstić information content (AvgIpc) is 2.65. The molecule has 0 aliphatic rings. The van der Waals surface area contributed by atoms with Gasteiger partial charge in [-0.2, -0.15) is 0 Å². The summed E-state index contributed by atoms with van der Waals surface area (Å²) in [5, 5.41) is -2.65. The first-order valence-corrected chi connectivity index (χ1v) is 9.37. The Morgan fingerprint density at radius 2 is 1.18 bits per heavy atom. The number of alkyl halides is 2. The van der Waals surface area contributed by atoms with E-state index in [0.29, 0.717) is 6.61 Å². The van der Waals surface area contributed by atoms with E-state index in [1.807, 2.05) is 6.92 Å². The number of hydrogen-bond acceptors (Lipinski definition) is 9. The van der Waals surface area contributed by atoms with Crippen LogP contribution in [-0.2, 0) is 42.9 Å². The van der Waals surface area contributed by atoms with Crippen LogP contribution in [0.4, 0.5) is 0 Å². The summed E-state index contributed by atoms with van der Waals surface area (Å²) in [6, 6.07) is 0. The van der Waals surface area contributed by atoms with Gasteiger partial charge in [0.05, 0.1) is 13.2 Å². The van der Waals surface area contributed by atoms with E-state index < -0.39 is 46.8 Å². The molecule has 0 saturated heterocycles. The van der Waals surface area contributed by atoms with Crippen molar-refractivity contribution in [1.82, 2.24) is 0 Å². The maximum atomic E-state index is 11.2. The van der Waals surface area contributed by atoms with Crippen LogP contribution in [0.3, 0.4) is 0 Å². The summed E-state index contributed by atoms with van der Waals surface area (Å²) < 4.78 is 18.4. The molecule has 28 heavy (non-hydrogen) atoms. The summed E-state index contributed by atoms with van der Waals surface area (Å²) in [7, 11) is 0. The molecule has 0 fully saturated rings. The van der Waals surface area contributed by atoms with Crippen molar-refractivity contribution in [2.75, 3.05) is 33.0 Å². The Morgan fingerprint density at radius 1 is 0.750 bits per heavy atom. The molecule has 0 rings (SSSR count). The molecule has 0 saturated carbocycles. The van der Waals surface area contributed by atoms with Crippen molar-refractivity contribution in [1.29, 1.82) is 0 Å². The second kappa shape index (κ2) is 17.4. The third-order valence-corrected chi connectivity index (χ3v) is 3.41. The zero-order valence-corrected chi connectivity index (χ0v) is 17.8. The zero-order chi connectivity index (χ0) is 22.1. The molecule has 2 atom stereocenters. The number of Topliss-reactive ketones (excluding diaryl/α,β-unsaturated/α-hetero) is 2. The van der Waals surface area contributed by atoms with Crippen LogP contribution in [0.1, 0.15) is 34.1 Å². The molecule has 162 valence electrons. The highest BCUT2D eigenvalue weighted by Crippen LogP contribution is 2.02. The van der Waals surface area contributed by atoms with Crippen LogP contribution in [0.2, 0.25) is 0 Å².